The van der Waals surface area contributed by atoms with Gasteiger partial charge in [0.25, 0.3) is 0 Å². The zero-order valence-electron chi connectivity index (χ0n) is 18.1. The summed E-state index contributed by atoms with van der Waals surface area (Å²) in [5.74, 6) is 0. The summed E-state index contributed by atoms with van der Waals surface area (Å²) in [5.41, 5.74) is 4.63. The Kier molecular flexibility index (Phi) is 7.29. The molecule has 4 rings (SSSR count). The fourth-order valence-electron chi connectivity index (χ4n) is 3.77. The van der Waals surface area contributed by atoms with Gasteiger partial charge in [-0.05, 0) is 86.5 Å². The third-order valence-corrected chi connectivity index (χ3v) is 5.49. The minimum atomic E-state index is 0.360. The van der Waals surface area contributed by atoms with Crippen molar-refractivity contribution < 1.29 is 0 Å². The Balaban J connectivity index is 1.34. The van der Waals surface area contributed by atoms with Crippen molar-refractivity contribution in [1.82, 2.24) is 4.90 Å². The maximum atomic E-state index is 4.40. The Hall–Kier alpha value is -3.18. The first kappa shape index (κ1) is 21.1. The SMILES string of the molecule is CCCc1ccc(N=Nc2ccc(N=NC3=CC=CC(N4CCCC4)C=C3)cc2)cc1. The molecule has 1 atom stereocenters. The van der Waals surface area contributed by atoms with E-state index in [0.717, 1.165) is 35.6 Å². The van der Waals surface area contributed by atoms with E-state index < -0.39 is 0 Å². The van der Waals surface area contributed by atoms with Crippen molar-refractivity contribution in [2.45, 2.75) is 38.6 Å². The predicted molar refractivity (Wildman–Crippen MR) is 127 cm³/mol. The standard InChI is InChI=1S/C26H29N5/c1-2-6-21-9-11-23(12-10-21)28-30-25-15-13-24(14-16-25)29-27-22-7-5-8-26(18-17-22)31-19-3-4-20-31/h5,7-18,26H,2-4,6,19-20H2,1H3. The normalized spacial score (nSPS) is 19.4. The molecule has 0 radical (unpaired) electrons. The third-order valence-electron chi connectivity index (χ3n) is 5.49. The van der Waals surface area contributed by atoms with E-state index in [2.05, 4.69) is 68.7 Å². The van der Waals surface area contributed by atoms with Gasteiger partial charge in [-0.1, -0.05) is 43.7 Å². The van der Waals surface area contributed by atoms with Crippen LogP contribution in [0.1, 0.15) is 31.7 Å². The Labute approximate surface area is 184 Å². The summed E-state index contributed by atoms with van der Waals surface area (Å²) in [6.45, 7) is 4.52. The molecule has 1 aliphatic carbocycles. The van der Waals surface area contributed by atoms with Crippen LogP contribution >= 0.6 is 0 Å². The topological polar surface area (TPSA) is 52.7 Å². The van der Waals surface area contributed by atoms with Gasteiger partial charge in [0.15, 0.2) is 0 Å². The van der Waals surface area contributed by atoms with E-state index in [0.29, 0.717) is 6.04 Å². The van der Waals surface area contributed by atoms with Gasteiger partial charge in [-0.15, -0.1) is 0 Å². The molecule has 31 heavy (non-hydrogen) atoms. The molecule has 2 aromatic rings. The largest absolute Gasteiger partial charge is 0.293 e. The van der Waals surface area contributed by atoms with E-state index in [-0.39, 0.29) is 0 Å². The van der Waals surface area contributed by atoms with Crippen LogP contribution in [0.3, 0.4) is 0 Å². The van der Waals surface area contributed by atoms with Crippen LogP contribution < -0.4 is 0 Å². The molecule has 1 heterocycles. The molecule has 1 saturated heterocycles. The summed E-state index contributed by atoms with van der Waals surface area (Å²) in [6.07, 6.45) is 15.4. The van der Waals surface area contributed by atoms with Crippen LogP contribution in [0.4, 0.5) is 17.1 Å². The lowest BCUT2D eigenvalue weighted by molar-refractivity contribution is 0.323. The molecule has 0 N–H and O–H groups in total. The van der Waals surface area contributed by atoms with E-state index in [1.54, 1.807) is 0 Å². The number of azo groups is 2. The molecular formula is C26H29N5. The van der Waals surface area contributed by atoms with Crippen molar-refractivity contribution in [2.75, 3.05) is 13.1 Å². The molecule has 2 aromatic carbocycles. The molecule has 0 saturated carbocycles. The first-order valence-corrected chi connectivity index (χ1v) is 11.1. The third kappa shape index (κ3) is 6.15. The van der Waals surface area contributed by atoms with Gasteiger partial charge >= 0.3 is 0 Å². The zero-order chi connectivity index (χ0) is 21.3. The fraction of sp³-hybridized carbons (Fsp3) is 0.308. The second-order valence-electron chi connectivity index (χ2n) is 7.90. The van der Waals surface area contributed by atoms with Gasteiger partial charge in [0.1, 0.15) is 0 Å². The summed E-state index contributed by atoms with van der Waals surface area (Å²) in [5, 5.41) is 17.4. The molecule has 0 aromatic heterocycles. The van der Waals surface area contributed by atoms with Crippen LogP contribution in [0, 0.1) is 0 Å². The van der Waals surface area contributed by atoms with Gasteiger partial charge in [0, 0.05) is 6.04 Å². The van der Waals surface area contributed by atoms with Crippen LogP contribution in [0.25, 0.3) is 0 Å². The molecular weight excluding hydrogens is 382 g/mol. The van der Waals surface area contributed by atoms with Gasteiger partial charge in [0.2, 0.25) is 0 Å². The first-order chi connectivity index (χ1) is 15.3. The molecule has 2 aliphatic rings. The highest BCUT2D eigenvalue weighted by Gasteiger charge is 2.17. The highest BCUT2D eigenvalue weighted by molar-refractivity contribution is 5.48. The molecule has 158 valence electrons. The average molecular weight is 412 g/mol. The number of benzene rings is 2. The van der Waals surface area contributed by atoms with Crippen molar-refractivity contribution >= 4 is 17.1 Å². The molecule has 0 amide bonds. The molecule has 0 bridgehead atoms. The second kappa shape index (κ2) is 10.7. The smallest absolute Gasteiger partial charge is 0.0858 e. The monoisotopic (exact) mass is 411 g/mol. The lowest BCUT2D eigenvalue weighted by Crippen LogP contribution is -2.29. The van der Waals surface area contributed by atoms with Crippen LogP contribution in [0.5, 0.6) is 0 Å². The summed E-state index contributed by atoms with van der Waals surface area (Å²) in [4.78, 5) is 2.49. The molecule has 1 unspecified atom stereocenters. The molecule has 1 aliphatic heterocycles. The Bertz CT molecular complexity index is 991. The molecule has 0 spiro atoms. The minimum Gasteiger partial charge on any atom is -0.293 e. The van der Waals surface area contributed by atoms with E-state index in [4.69, 9.17) is 0 Å². The van der Waals surface area contributed by atoms with E-state index in [1.807, 2.05) is 42.5 Å². The quantitative estimate of drug-likeness (QED) is 0.432. The van der Waals surface area contributed by atoms with E-state index in [9.17, 15) is 0 Å². The van der Waals surface area contributed by atoms with E-state index in [1.165, 1.54) is 31.5 Å². The first-order valence-electron chi connectivity index (χ1n) is 11.1. The number of likely N-dealkylation sites (tertiary alicyclic amines) is 1. The van der Waals surface area contributed by atoms with E-state index >= 15 is 0 Å². The highest BCUT2D eigenvalue weighted by atomic mass is 15.2. The molecule has 1 fully saturated rings. The van der Waals surface area contributed by atoms with Gasteiger partial charge in [-0.25, -0.2) is 0 Å². The van der Waals surface area contributed by atoms with Crippen molar-refractivity contribution in [3.05, 3.63) is 90.2 Å². The zero-order valence-corrected chi connectivity index (χ0v) is 18.1. The molecule has 5 nitrogen and oxygen atoms in total. The van der Waals surface area contributed by atoms with Crippen LogP contribution in [-0.2, 0) is 6.42 Å². The Morgan fingerprint density at radius 2 is 1.35 bits per heavy atom. The van der Waals surface area contributed by atoms with Crippen LogP contribution in [0.15, 0.2) is 105 Å². The maximum absolute atomic E-state index is 4.40. The fourth-order valence-corrected chi connectivity index (χ4v) is 3.77. The number of hydrogen-bond acceptors (Lipinski definition) is 5. The number of nitrogens with zero attached hydrogens (tertiary/aromatic N) is 5. The lowest BCUT2D eigenvalue weighted by atomic mass is 10.1. The van der Waals surface area contributed by atoms with Crippen LogP contribution in [0.2, 0.25) is 0 Å². The Morgan fingerprint density at radius 1 is 0.774 bits per heavy atom. The number of aryl methyl sites for hydroxylation is 1. The summed E-state index contributed by atoms with van der Waals surface area (Å²) in [6, 6.07) is 16.2. The second-order valence-corrected chi connectivity index (χ2v) is 7.90. The van der Waals surface area contributed by atoms with Crippen molar-refractivity contribution in [3.8, 4) is 0 Å². The van der Waals surface area contributed by atoms with Gasteiger partial charge < -0.3 is 0 Å². The van der Waals surface area contributed by atoms with Gasteiger partial charge in [0.05, 0.1) is 22.8 Å². The average Bonchev–Trinajstić information content (AvgIpc) is 3.24. The molecule has 5 heteroatoms. The highest BCUT2D eigenvalue weighted by Crippen LogP contribution is 2.23. The van der Waals surface area contributed by atoms with Crippen LogP contribution in [-0.4, -0.2) is 24.0 Å². The maximum Gasteiger partial charge on any atom is 0.0858 e. The summed E-state index contributed by atoms with van der Waals surface area (Å²) < 4.78 is 0. The van der Waals surface area contributed by atoms with Crippen molar-refractivity contribution in [2.24, 2.45) is 20.5 Å². The van der Waals surface area contributed by atoms with Crippen molar-refractivity contribution in [3.63, 3.8) is 0 Å². The lowest BCUT2D eigenvalue weighted by Gasteiger charge is -2.20. The number of rotatable bonds is 7. The predicted octanol–water partition coefficient (Wildman–Crippen LogP) is 7.61. The summed E-state index contributed by atoms with van der Waals surface area (Å²) >= 11 is 0. The van der Waals surface area contributed by atoms with Gasteiger partial charge in [-0.2, -0.15) is 20.5 Å². The minimum absolute atomic E-state index is 0.360. The Morgan fingerprint density at radius 3 is 1.97 bits per heavy atom. The van der Waals surface area contributed by atoms with Gasteiger partial charge in [-0.3, -0.25) is 4.90 Å². The number of allylic oxidation sites excluding steroid dienone is 3. The number of hydrogen-bond donors (Lipinski definition) is 0. The van der Waals surface area contributed by atoms with Crippen molar-refractivity contribution in [1.29, 1.82) is 0 Å². The summed E-state index contributed by atoms with van der Waals surface area (Å²) in [7, 11) is 0.